The van der Waals surface area contributed by atoms with Crippen LogP contribution in [-0.4, -0.2) is 48.6 Å². The fraction of sp³-hybridized carbons (Fsp3) is 0.533. The van der Waals surface area contributed by atoms with Gasteiger partial charge >= 0.3 is 5.97 Å². The van der Waals surface area contributed by atoms with E-state index in [2.05, 4.69) is 0 Å². The largest absolute Gasteiger partial charge is 0.465 e. The molecule has 1 aliphatic rings. The molecule has 1 N–H and O–H groups in total. The van der Waals surface area contributed by atoms with E-state index in [0.29, 0.717) is 0 Å². The predicted molar refractivity (Wildman–Crippen MR) is 80.7 cm³/mol. The number of hydrogen-bond acceptors (Lipinski definition) is 5. The van der Waals surface area contributed by atoms with Gasteiger partial charge in [-0.25, -0.2) is 8.42 Å². The molecule has 1 aliphatic heterocycles. The Balaban J connectivity index is 2.40. The number of aryl methyl sites for hydroxylation is 1. The third kappa shape index (κ3) is 3.02. The van der Waals surface area contributed by atoms with E-state index >= 15 is 0 Å². The zero-order chi connectivity index (χ0) is 16.5. The van der Waals surface area contributed by atoms with E-state index in [4.69, 9.17) is 4.74 Å². The molecule has 22 heavy (non-hydrogen) atoms. The van der Waals surface area contributed by atoms with Crippen LogP contribution in [0.1, 0.15) is 25.8 Å². The molecule has 0 amide bonds. The van der Waals surface area contributed by atoms with Gasteiger partial charge in [0.15, 0.2) is 6.04 Å². The predicted octanol–water partition coefficient (Wildman–Crippen LogP) is 1.07. The molecule has 2 atom stereocenters. The van der Waals surface area contributed by atoms with Gasteiger partial charge in [-0.1, -0.05) is 17.7 Å². The molecule has 0 unspecified atom stereocenters. The average Bonchev–Trinajstić information content (AvgIpc) is 2.76. The minimum atomic E-state index is -3.87. The van der Waals surface area contributed by atoms with Crippen LogP contribution >= 0.6 is 0 Å². The zero-order valence-electron chi connectivity index (χ0n) is 12.9. The molecule has 1 fully saturated rings. The normalized spacial score (nSPS) is 26.1. The van der Waals surface area contributed by atoms with Gasteiger partial charge in [0.05, 0.1) is 17.1 Å². The Labute approximate surface area is 130 Å². The first-order chi connectivity index (χ1) is 10.2. The molecular formula is C15H21NO5S. The van der Waals surface area contributed by atoms with Crippen molar-refractivity contribution in [3.63, 3.8) is 0 Å². The third-order valence-electron chi connectivity index (χ3n) is 3.85. The molecular weight excluding hydrogens is 306 g/mol. The molecule has 0 aromatic heterocycles. The topological polar surface area (TPSA) is 83.9 Å². The molecule has 0 saturated carbocycles. The van der Waals surface area contributed by atoms with Gasteiger partial charge in [0, 0.05) is 6.54 Å². The number of benzene rings is 1. The first-order valence-electron chi connectivity index (χ1n) is 7.17. The Morgan fingerprint density at radius 3 is 2.55 bits per heavy atom. The van der Waals surface area contributed by atoms with Crippen LogP contribution in [0.15, 0.2) is 29.2 Å². The second kappa shape index (κ2) is 5.98. The Bertz CT molecular complexity index is 651. The standard InChI is InChI=1S/C15H21NO5S/c1-4-21-14(17)13-15(3,18)9-10-16(13)22(19,20)12-7-5-11(2)6-8-12/h5-8,13,18H,4,9-10H2,1-3H3/t13-,15+/m1/s1. The number of carbonyl (C=O) groups is 1. The van der Waals surface area contributed by atoms with Crippen LogP contribution in [0.2, 0.25) is 0 Å². The van der Waals surface area contributed by atoms with Crippen LogP contribution in [0.25, 0.3) is 0 Å². The molecule has 1 heterocycles. The van der Waals surface area contributed by atoms with Crippen molar-refractivity contribution in [2.24, 2.45) is 0 Å². The van der Waals surface area contributed by atoms with Gasteiger partial charge in [0.2, 0.25) is 10.0 Å². The molecule has 122 valence electrons. The van der Waals surface area contributed by atoms with Crippen molar-refractivity contribution < 1.29 is 23.1 Å². The summed E-state index contributed by atoms with van der Waals surface area (Å²) in [5.41, 5.74) is -0.501. The van der Waals surface area contributed by atoms with Crippen molar-refractivity contribution in [1.29, 1.82) is 0 Å². The molecule has 6 nitrogen and oxygen atoms in total. The maximum absolute atomic E-state index is 12.8. The highest BCUT2D eigenvalue weighted by Gasteiger charge is 2.52. The molecule has 1 aromatic carbocycles. The number of hydrogen-bond donors (Lipinski definition) is 1. The summed E-state index contributed by atoms with van der Waals surface area (Å²) in [6.07, 6.45) is 0.182. The molecule has 1 saturated heterocycles. The molecule has 0 radical (unpaired) electrons. The Morgan fingerprint density at radius 2 is 2.00 bits per heavy atom. The zero-order valence-corrected chi connectivity index (χ0v) is 13.8. The quantitative estimate of drug-likeness (QED) is 0.836. The van der Waals surface area contributed by atoms with E-state index in [1.165, 1.54) is 19.1 Å². The highest BCUT2D eigenvalue weighted by Crippen LogP contribution is 2.34. The van der Waals surface area contributed by atoms with Crippen LogP contribution < -0.4 is 0 Å². The Hall–Kier alpha value is -1.44. The maximum Gasteiger partial charge on any atom is 0.327 e. The maximum atomic E-state index is 12.8. The fourth-order valence-electron chi connectivity index (χ4n) is 2.61. The molecule has 0 bridgehead atoms. The number of aliphatic hydroxyl groups is 1. The summed E-state index contributed by atoms with van der Waals surface area (Å²) in [4.78, 5) is 12.2. The van der Waals surface area contributed by atoms with E-state index in [1.54, 1.807) is 19.1 Å². The van der Waals surface area contributed by atoms with Gasteiger partial charge in [-0.3, -0.25) is 4.79 Å². The number of rotatable bonds is 4. The minimum Gasteiger partial charge on any atom is -0.465 e. The smallest absolute Gasteiger partial charge is 0.327 e. The molecule has 0 spiro atoms. The average molecular weight is 327 g/mol. The lowest BCUT2D eigenvalue weighted by Gasteiger charge is -2.28. The van der Waals surface area contributed by atoms with E-state index in [9.17, 15) is 18.3 Å². The summed E-state index contributed by atoms with van der Waals surface area (Å²) in [6.45, 7) is 5.16. The van der Waals surface area contributed by atoms with Crippen LogP contribution in [0.5, 0.6) is 0 Å². The van der Waals surface area contributed by atoms with Gasteiger partial charge < -0.3 is 9.84 Å². The number of esters is 1. The second-order valence-electron chi connectivity index (χ2n) is 5.69. The Kier molecular flexibility index (Phi) is 4.60. The number of nitrogens with zero attached hydrogens (tertiary/aromatic N) is 1. The highest BCUT2D eigenvalue weighted by molar-refractivity contribution is 7.89. The first-order valence-corrected chi connectivity index (χ1v) is 8.61. The van der Waals surface area contributed by atoms with Gasteiger partial charge in [-0.15, -0.1) is 0 Å². The van der Waals surface area contributed by atoms with Crippen LogP contribution in [0, 0.1) is 6.92 Å². The van der Waals surface area contributed by atoms with Gasteiger partial charge in [0.25, 0.3) is 0 Å². The summed E-state index contributed by atoms with van der Waals surface area (Å²) in [6, 6.07) is 5.17. The van der Waals surface area contributed by atoms with Gasteiger partial charge in [-0.2, -0.15) is 4.31 Å². The molecule has 0 aliphatic carbocycles. The van der Waals surface area contributed by atoms with Crippen molar-refractivity contribution in [1.82, 2.24) is 4.31 Å². The SMILES string of the molecule is CCOC(=O)[C@H]1N(S(=O)(=O)c2ccc(C)cc2)CC[C@]1(C)O. The summed E-state index contributed by atoms with van der Waals surface area (Å²) in [7, 11) is -3.87. The summed E-state index contributed by atoms with van der Waals surface area (Å²) in [5.74, 6) is -0.722. The highest BCUT2D eigenvalue weighted by atomic mass is 32.2. The summed E-state index contributed by atoms with van der Waals surface area (Å²) >= 11 is 0. The fourth-order valence-corrected chi connectivity index (χ4v) is 4.28. The summed E-state index contributed by atoms with van der Waals surface area (Å²) in [5, 5.41) is 10.4. The number of ether oxygens (including phenoxy) is 1. The lowest BCUT2D eigenvalue weighted by atomic mass is 9.98. The summed E-state index contributed by atoms with van der Waals surface area (Å²) < 4.78 is 31.5. The van der Waals surface area contributed by atoms with E-state index in [1.807, 2.05) is 6.92 Å². The second-order valence-corrected chi connectivity index (χ2v) is 7.58. The van der Waals surface area contributed by atoms with Crippen molar-refractivity contribution in [2.45, 2.75) is 43.7 Å². The lowest BCUT2D eigenvalue weighted by Crippen LogP contribution is -2.51. The molecule has 7 heteroatoms. The monoisotopic (exact) mass is 327 g/mol. The first kappa shape index (κ1) is 16.9. The van der Waals surface area contributed by atoms with Crippen molar-refractivity contribution >= 4 is 16.0 Å². The van der Waals surface area contributed by atoms with Gasteiger partial charge in [-0.05, 0) is 39.3 Å². The number of carbonyl (C=O) groups excluding carboxylic acids is 1. The van der Waals surface area contributed by atoms with Crippen LogP contribution in [0.3, 0.4) is 0 Å². The van der Waals surface area contributed by atoms with Crippen molar-refractivity contribution in [3.8, 4) is 0 Å². The van der Waals surface area contributed by atoms with Crippen LogP contribution in [-0.2, 0) is 19.6 Å². The molecule has 1 aromatic rings. The minimum absolute atomic E-state index is 0.0761. The lowest BCUT2D eigenvalue weighted by molar-refractivity contribution is -0.152. The molecule has 2 rings (SSSR count). The van der Waals surface area contributed by atoms with Crippen LogP contribution in [0.4, 0.5) is 0 Å². The van der Waals surface area contributed by atoms with E-state index in [-0.39, 0.29) is 24.5 Å². The Morgan fingerprint density at radius 1 is 1.41 bits per heavy atom. The third-order valence-corrected chi connectivity index (χ3v) is 5.73. The van der Waals surface area contributed by atoms with E-state index in [0.717, 1.165) is 9.87 Å². The van der Waals surface area contributed by atoms with E-state index < -0.39 is 27.6 Å². The van der Waals surface area contributed by atoms with Crippen molar-refractivity contribution in [3.05, 3.63) is 29.8 Å². The van der Waals surface area contributed by atoms with Crippen molar-refractivity contribution in [2.75, 3.05) is 13.2 Å². The number of sulfonamides is 1. The van der Waals surface area contributed by atoms with Gasteiger partial charge in [0.1, 0.15) is 0 Å².